The van der Waals surface area contributed by atoms with Crippen LogP contribution in [0.5, 0.6) is 0 Å². The average molecular weight is 333 g/mol. The molecule has 2 unspecified atom stereocenters. The maximum atomic E-state index is 12.1. The lowest BCUT2D eigenvalue weighted by Gasteiger charge is -2.12. The van der Waals surface area contributed by atoms with E-state index in [4.69, 9.17) is 14.6 Å². The van der Waals surface area contributed by atoms with Crippen molar-refractivity contribution < 1.29 is 24.2 Å². The van der Waals surface area contributed by atoms with Gasteiger partial charge >= 0.3 is 5.97 Å². The molecule has 1 amide bonds. The molecular weight excluding hydrogens is 310 g/mol. The van der Waals surface area contributed by atoms with E-state index in [0.29, 0.717) is 25.4 Å². The van der Waals surface area contributed by atoms with Crippen molar-refractivity contribution in [2.24, 2.45) is 0 Å². The molecule has 2 aliphatic rings. The summed E-state index contributed by atoms with van der Waals surface area (Å²) in [5.41, 5.74) is 3.14. The number of carboxylic acid groups (broad SMARTS) is 1. The van der Waals surface area contributed by atoms with Crippen molar-refractivity contribution in [1.29, 1.82) is 0 Å². The largest absolute Gasteiger partial charge is 0.481 e. The van der Waals surface area contributed by atoms with Gasteiger partial charge in [0, 0.05) is 31.4 Å². The number of unbranched alkanes of at least 4 members (excludes halogenated alkanes) is 1. The van der Waals surface area contributed by atoms with Gasteiger partial charge in [-0.3, -0.25) is 9.59 Å². The predicted octanol–water partition coefficient (Wildman–Crippen LogP) is 2.15. The summed E-state index contributed by atoms with van der Waals surface area (Å²) in [5, 5.41) is 11.6. The van der Waals surface area contributed by atoms with E-state index in [1.165, 1.54) is 5.56 Å². The van der Waals surface area contributed by atoms with Crippen LogP contribution in [0.1, 0.15) is 36.8 Å². The monoisotopic (exact) mass is 333 g/mol. The van der Waals surface area contributed by atoms with Gasteiger partial charge in [-0.25, -0.2) is 0 Å². The lowest BCUT2D eigenvalue weighted by Crippen LogP contribution is -2.14. The number of epoxide rings is 2. The first-order valence-electron chi connectivity index (χ1n) is 8.47. The third kappa shape index (κ3) is 5.62. The summed E-state index contributed by atoms with van der Waals surface area (Å²) in [6.07, 6.45) is 3.84. The number of carboxylic acids is 1. The molecule has 0 spiro atoms. The summed E-state index contributed by atoms with van der Waals surface area (Å²) in [7, 11) is 0. The summed E-state index contributed by atoms with van der Waals surface area (Å²) >= 11 is 0. The molecule has 130 valence electrons. The standard InChI is InChI=1S/C18H23NO5/c20-17(3-1-2-4-18(21)22)19-16-6-5-12(8-14-10-23-14)7-13(16)9-15-11-24-15/h5-7,14-15H,1-4,8-11H2,(H,19,20)(H,21,22). The number of hydrogen-bond acceptors (Lipinski definition) is 4. The van der Waals surface area contributed by atoms with E-state index in [1.54, 1.807) is 0 Å². The maximum Gasteiger partial charge on any atom is 0.303 e. The summed E-state index contributed by atoms with van der Waals surface area (Å²) in [5.74, 6) is -0.894. The number of carbonyl (C=O) groups excluding carboxylic acids is 1. The van der Waals surface area contributed by atoms with Crippen LogP contribution in [0.2, 0.25) is 0 Å². The summed E-state index contributed by atoms with van der Waals surface area (Å²) in [6, 6.07) is 6.10. The number of aliphatic carboxylic acids is 1. The Bertz CT molecular complexity index is 607. The molecule has 1 aromatic carbocycles. The van der Waals surface area contributed by atoms with Crippen LogP contribution >= 0.6 is 0 Å². The Labute approximate surface area is 141 Å². The molecule has 6 heteroatoms. The predicted molar refractivity (Wildman–Crippen MR) is 88.1 cm³/mol. The molecule has 3 rings (SSSR count). The van der Waals surface area contributed by atoms with Crippen LogP contribution in [0.3, 0.4) is 0 Å². The second kappa shape index (κ2) is 7.77. The first kappa shape index (κ1) is 16.9. The zero-order valence-electron chi connectivity index (χ0n) is 13.6. The quantitative estimate of drug-likeness (QED) is 0.506. The molecule has 2 saturated heterocycles. The number of benzene rings is 1. The zero-order valence-corrected chi connectivity index (χ0v) is 13.6. The maximum absolute atomic E-state index is 12.1. The number of nitrogens with one attached hydrogen (secondary N) is 1. The van der Waals surface area contributed by atoms with Crippen molar-refractivity contribution in [2.75, 3.05) is 18.5 Å². The second-order valence-corrected chi connectivity index (χ2v) is 6.46. The van der Waals surface area contributed by atoms with Crippen LogP contribution in [0.25, 0.3) is 0 Å². The van der Waals surface area contributed by atoms with Crippen molar-refractivity contribution in [1.82, 2.24) is 0 Å². The highest BCUT2D eigenvalue weighted by Crippen LogP contribution is 2.26. The van der Waals surface area contributed by atoms with E-state index in [1.807, 2.05) is 12.1 Å². The van der Waals surface area contributed by atoms with Gasteiger partial charge < -0.3 is 19.9 Å². The van der Waals surface area contributed by atoms with Gasteiger partial charge in [0.25, 0.3) is 0 Å². The Morgan fingerprint density at radius 2 is 1.75 bits per heavy atom. The molecule has 2 fully saturated rings. The molecule has 2 heterocycles. The van der Waals surface area contributed by atoms with Gasteiger partial charge in [0.05, 0.1) is 25.4 Å². The Morgan fingerprint density at radius 1 is 1.08 bits per heavy atom. The van der Waals surface area contributed by atoms with Gasteiger partial charge in [-0.2, -0.15) is 0 Å². The van der Waals surface area contributed by atoms with Gasteiger partial charge in [0.2, 0.25) is 5.91 Å². The van der Waals surface area contributed by atoms with Crippen LogP contribution in [0.15, 0.2) is 18.2 Å². The van der Waals surface area contributed by atoms with E-state index in [-0.39, 0.29) is 18.4 Å². The van der Waals surface area contributed by atoms with Gasteiger partial charge in [0.1, 0.15) is 0 Å². The van der Waals surface area contributed by atoms with E-state index >= 15 is 0 Å². The topological polar surface area (TPSA) is 91.5 Å². The molecule has 6 nitrogen and oxygen atoms in total. The normalized spacial score (nSPS) is 21.3. The molecule has 24 heavy (non-hydrogen) atoms. The fraction of sp³-hybridized carbons (Fsp3) is 0.556. The van der Waals surface area contributed by atoms with Crippen molar-refractivity contribution in [3.8, 4) is 0 Å². The highest BCUT2D eigenvalue weighted by Gasteiger charge is 2.26. The molecule has 2 atom stereocenters. The molecule has 0 aliphatic carbocycles. The molecule has 0 bridgehead atoms. The van der Waals surface area contributed by atoms with Gasteiger partial charge in [0.15, 0.2) is 0 Å². The Hall–Kier alpha value is -1.92. The summed E-state index contributed by atoms with van der Waals surface area (Å²) in [6.45, 7) is 1.61. The third-order valence-corrected chi connectivity index (χ3v) is 4.20. The van der Waals surface area contributed by atoms with Gasteiger partial charge in [-0.1, -0.05) is 12.1 Å². The average Bonchev–Trinajstić information content (AvgIpc) is 3.42. The number of hydrogen-bond donors (Lipinski definition) is 2. The van der Waals surface area contributed by atoms with Gasteiger partial charge in [-0.05, 0) is 30.0 Å². The van der Waals surface area contributed by atoms with E-state index < -0.39 is 5.97 Å². The van der Waals surface area contributed by atoms with Crippen LogP contribution < -0.4 is 5.32 Å². The SMILES string of the molecule is O=C(O)CCCCC(=O)Nc1ccc(CC2CO2)cc1CC1CO1. The lowest BCUT2D eigenvalue weighted by molar-refractivity contribution is -0.137. The Kier molecular flexibility index (Phi) is 5.48. The van der Waals surface area contributed by atoms with Crippen LogP contribution in [0, 0.1) is 0 Å². The molecule has 0 radical (unpaired) electrons. The minimum absolute atomic E-state index is 0.0726. The van der Waals surface area contributed by atoms with Gasteiger partial charge in [-0.15, -0.1) is 0 Å². The Balaban J connectivity index is 1.55. The number of carbonyl (C=O) groups is 2. The van der Waals surface area contributed by atoms with E-state index in [0.717, 1.165) is 37.3 Å². The summed E-state index contributed by atoms with van der Waals surface area (Å²) in [4.78, 5) is 22.6. The smallest absolute Gasteiger partial charge is 0.303 e. The molecule has 2 aliphatic heterocycles. The number of amides is 1. The van der Waals surface area contributed by atoms with Crippen LogP contribution in [-0.4, -0.2) is 42.4 Å². The lowest BCUT2D eigenvalue weighted by atomic mass is 10.0. The fourth-order valence-electron chi connectivity index (χ4n) is 2.72. The highest BCUT2D eigenvalue weighted by atomic mass is 16.6. The highest BCUT2D eigenvalue weighted by molar-refractivity contribution is 5.91. The molecular formula is C18H23NO5. The number of anilines is 1. The summed E-state index contributed by atoms with van der Waals surface area (Å²) < 4.78 is 10.6. The van der Waals surface area contributed by atoms with Crippen molar-refractivity contribution in [3.63, 3.8) is 0 Å². The zero-order chi connectivity index (χ0) is 16.9. The minimum Gasteiger partial charge on any atom is -0.481 e. The molecule has 0 aromatic heterocycles. The van der Waals surface area contributed by atoms with Crippen molar-refractivity contribution in [3.05, 3.63) is 29.3 Å². The van der Waals surface area contributed by atoms with Crippen molar-refractivity contribution in [2.45, 2.75) is 50.7 Å². The first-order valence-corrected chi connectivity index (χ1v) is 8.47. The molecule has 2 N–H and O–H groups in total. The van der Waals surface area contributed by atoms with Crippen LogP contribution in [-0.2, 0) is 31.9 Å². The minimum atomic E-state index is -0.822. The fourth-order valence-corrected chi connectivity index (χ4v) is 2.72. The van der Waals surface area contributed by atoms with Crippen molar-refractivity contribution >= 4 is 17.6 Å². The second-order valence-electron chi connectivity index (χ2n) is 6.46. The van der Waals surface area contributed by atoms with E-state index in [2.05, 4.69) is 11.4 Å². The number of ether oxygens (including phenoxy) is 2. The first-order chi connectivity index (χ1) is 11.6. The third-order valence-electron chi connectivity index (χ3n) is 4.20. The van der Waals surface area contributed by atoms with E-state index in [9.17, 15) is 9.59 Å². The molecule has 1 aromatic rings. The molecule has 0 saturated carbocycles. The van der Waals surface area contributed by atoms with Crippen LogP contribution in [0.4, 0.5) is 5.69 Å². The number of rotatable bonds is 10. The Morgan fingerprint density at radius 3 is 2.42 bits per heavy atom.